The number of hydrogen-bond acceptors (Lipinski definition) is 4. The van der Waals surface area contributed by atoms with Crippen molar-refractivity contribution in [2.24, 2.45) is 0 Å². The molecule has 0 saturated carbocycles. The monoisotopic (exact) mass is 306 g/mol. The van der Waals surface area contributed by atoms with Gasteiger partial charge in [0.2, 0.25) is 11.7 Å². The van der Waals surface area contributed by atoms with Gasteiger partial charge in [-0.25, -0.2) is 9.18 Å². The molecule has 22 heavy (non-hydrogen) atoms. The highest BCUT2D eigenvalue weighted by Gasteiger charge is 2.11. The van der Waals surface area contributed by atoms with Crippen LogP contribution in [0.2, 0.25) is 0 Å². The van der Waals surface area contributed by atoms with E-state index in [-0.39, 0.29) is 11.8 Å². The van der Waals surface area contributed by atoms with Crippen LogP contribution >= 0.6 is 0 Å². The first-order valence-corrected chi connectivity index (χ1v) is 7.25. The number of carbonyl (C=O) groups is 1. The smallest absolute Gasteiger partial charge is 0.317 e. The highest BCUT2D eigenvalue weighted by atomic mass is 19.1. The fourth-order valence-electron chi connectivity index (χ4n) is 1.97. The molecule has 0 spiro atoms. The number of amides is 2. The Hall–Kier alpha value is -2.44. The number of nitrogens with zero attached hydrogens (tertiary/aromatic N) is 3. The summed E-state index contributed by atoms with van der Waals surface area (Å²) < 4.78 is 18.0. The first kappa shape index (κ1) is 15.9. The van der Waals surface area contributed by atoms with Gasteiger partial charge in [0.15, 0.2) is 0 Å². The molecule has 1 aromatic heterocycles. The number of halogens is 1. The number of hydrogen-bond donors (Lipinski definition) is 1. The first-order valence-electron chi connectivity index (χ1n) is 7.25. The minimum absolute atomic E-state index is 0.108. The molecule has 118 valence electrons. The molecule has 0 saturated heterocycles. The number of aromatic nitrogens is 2. The molecule has 0 unspecified atom stereocenters. The average molecular weight is 306 g/mol. The average Bonchev–Trinajstić information content (AvgIpc) is 2.98. The van der Waals surface area contributed by atoms with Gasteiger partial charge in [0, 0.05) is 31.6 Å². The Labute approximate surface area is 128 Å². The SMILES string of the molecule is CCN(CC)C(=O)NCCc1nc(-c2ccc(F)cc2)no1. The van der Waals surface area contributed by atoms with E-state index in [4.69, 9.17) is 4.52 Å². The molecule has 2 amide bonds. The van der Waals surface area contributed by atoms with E-state index < -0.39 is 0 Å². The van der Waals surface area contributed by atoms with E-state index in [1.54, 1.807) is 17.0 Å². The molecule has 6 nitrogen and oxygen atoms in total. The summed E-state index contributed by atoms with van der Waals surface area (Å²) in [6, 6.07) is 5.76. The van der Waals surface area contributed by atoms with Crippen LogP contribution in [0.1, 0.15) is 19.7 Å². The van der Waals surface area contributed by atoms with Crippen molar-refractivity contribution in [3.8, 4) is 11.4 Å². The maximum Gasteiger partial charge on any atom is 0.317 e. The molecule has 0 aliphatic carbocycles. The fraction of sp³-hybridized carbons (Fsp3) is 0.400. The summed E-state index contributed by atoms with van der Waals surface area (Å²) in [5, 5.41) is 6.65. The van der Waals surface area contributed by atoms with Gasteiger partial charge in [-0.2, -0.15) is 4.98 Å². The molecule has 0 fully saturated rings. The van der Waals surface area contributed by atoms with Gasteiger partial charge < -0.3 is 14.7 Å². The fourth-order valence-corrected chi connectivity index (χ4v) is 1.97. The van der Waals surface area contributed by atoms with Gasteiger partial charge in [0.1, 0.15) is 5.82 Å². The minimum Gasteiger partial charge on any atom is -0.339 e. The zero-order chi connectivity index (χ0) is 15.9. The van der Waals surface area contributed by atoms with Crippen LogP contribution in [0.15, 0.2) is 28.8 Å². The Balaban J connectivity index is 1.87. The second-order valence-electron chi connectivity index (χ2n) is 4.67. The lowest BCUT2D eigenvalue weighted by Crippen LogP contribution is -2.40. The van der Waals surface area contributed by atoms with E-state index in [2.05, 4.69) is 15.5 Å². The predicted octanol–water partition coefficient (Wildman–Crippen LogP) is 2.47. The molecule has 2 rings (SSSR count). The van der Waals surface area contributed by atoms with Crippen LogP contribution in [0.25, 0.3) is 11.4 Å². The first-order chi connectivity index (χ1) is 10.6. The Morgan fingerprint density at radius 1 is 1.27 bits per heavy atom. The Kier molecular flexibility index (Phi) is 5.46. The highest BCUT2D eigenvalue weighted by Crippen LogP contribution is 2.16. The van der Waals surface area contributed by atoms with Crippen LogP contribution < -0.4 is 5.32 Å². The van der Waals surface area contributed by atoms with Gasteiger partial charge >= 0.3 is 6.03 Å². The summed E-state index contributed by atoms with van der Waals surface area (Å²) in [6.45, 7) is 5.60. The summed E-state index contributed by atoms with van der Waals surface area (Å²) in [7, 11) is 0. The van der Waals surface area contributed by atoms with E-state index in [1.807, 2.05) is 13.8 Å². The zero-order valence-corrected chi connectivity index (χ0v) is 12.7. The Bertz CT molecular complexity index is 608. The number of rotatable bonds is 6. The highest BCUT2D eigenvalue weighted by molar-refractivity contribution is 5.74. The molecular formula is C15H19FN4O2. The normalized spacial score (nSPS) is 10.5. The van der Waals surface area contributed by atoms with Gasteiger partial charge in [0.25, 0.3) is 0 Å². The third-order valence-electron chi connectivity index (χ3n) is 3.24. The lowest BCUT2D eigenvalue weighted by molar-refractivity contribution is 0.203. The lowest BCUT2D eigenvalue weighted by Gasteiger charge is -2.18. The van der Waals surface area contributed by atoms with Gasteiger partial charge in [-0.3, -0.25) is 0 Å². The van der Waals surface area contributed by atoms with Crippen molar-refractivity contribution in [3.05, 3.63) is 36.0 Å². The predicted molar refractivity (Wildman–Crippen MR) is 79.7 cm³/mol. The Morgan fingerprint density at radius 2 is 1.95 bits per heavy atom. The van der Waals surface area contributed by atoms with Crippen LogP contribution in [-0.2, 0) is 6.42 Å². The second-order valence-corrected chi connectivity index (χ2v) is 4.67. The molecule has 1 heterocycles. The van der Waals surface area contributed by atoms with Crippen LogP contribution in [0.5, 0.6) is 0 Å². The molecule has 1 N–H and O–H groups in total. The minimum atomic E-state index is -0.313. The number of urea groups is 1. The Morgan fingerprint density at radius 3 is 2.59 bits per heavy atom. The third kappa shape index (κ3) is 4.03. The van der Waals surface area contributed by atoms with Gasteiger partial charge in [-0.1, -0.05) is 5.16 Å². The summed E-state index contributed by atoms with van der Waals surface area (Å²) >= 11 is 0. The van der Waals surface area contributed by atoms with E-state index >= 15 is 0 Å². The van der Waals surface area contributed by atoms with Crippen molar-refractivity contribution in [1.29, 1.82) is 0 Å². The molecule has 0 bridgehead atoms. The largest absolute Gasteiger partial charge is 0.339 e. The van der Waals surface area contributed by atoms with E-state index in [0.29, 0.717) is 43.3 Å². The maximum absolute atomic E-state index is 12.9. The van der Waals surface area contributed by atoms with Crippen molar-refractivity contribution >= 4 is 6.03 Å². The van der Waals surface area contributed by atoms with E-state index in [0.717, 1.165) is 0 Å². The molecule has 0 aliphatic rings. The van der Waals surface area contributed by atoms with E-state index in [1.165, 1.54) is 12.1 Å². The molecule has 0 radical (unpaired) electrons. The molecular weight excluding hydrogens is 287 g/mol. The molecule has 0 aliphatic heterocycles. The lowest BCUT2D eigenvalue weighted by atomic mass is 10.2. The quantitative estimate of drug-likeness (QED) is 0.890. The van der Waals surface area contributed by atoms with Crippen molar-refractivity contribution in [2.45, 2.75) is 20.3 Å². The maximum atomic E-state index is 12.9. The second kappa shape index (κ2) is 7.53. The summed E-state index contributed by atoms with van der Waals surface area (Å²) in [5.74, 6) is 0.524. The van der Waals surface area contributed by atoms with Crippen LogP contribution in [0.3, 0.4) is 0 Å². The topological polar surface area (TPSA) is 71.3 Å². The van der Waals surface area contributed by atoms with Crippen LogP contribution in [-0.4, -0.2) is 40.7 Å². The standard InChI is InChI=1S/C15H19FN4O2/c1-3-20(4-2)15(21)17-10-9-13-18-14(19-22-13)11-5-7-12(16)8-6-11/h5-8H,3-4,9-10H2,1-2H3,(H,17,21). The molecule has 2 aromatic rings. The third-order valence-corrected chi connectivity index (χ3v) is 3.24. The zero-order valence-electron chi connectivity index (χ0n) is 12.7. The molecule has 0 atom stereocenters. The molecule has 7 heteroatoms. The van der Waals surface area contributed by atoms with E-state index in [9.17, 15) is 9.18 Å². The van der Waals surface area contributed by atoms with Crippen LogP contribution in [0, 0.1) is 5.82 Å². The summed E-state index contributed by atoms with van der Waals surface area (Å²) in [5.41, 5.74) is 0.684. The van der Waals surface area contributed by atoms with Gasteiger partial charge in [-0.15, -0.1) is 0 Å². The number of carbonyl (C=O) groups excluding carboxylic acids is 1. The van der Waals surface area contributed by atoms with Crippen molar-refractivity contribution < 1.29 is 13.7 Å². The molecule has 1 aromatic carbocycles. The summed E-state index contributed by atoms with van der Waals surface area (Å²) in [6.07, 6.45) is 0.446. The van der Waals surface area contributed by atoms with Gasteiger partial charge in [-0.05, 0) is 38.1 Å². The van der Waals surface area contributed by atoms with Crippen molar-refractivity contribution in [1.82, 2.24) is 20.4 Å². The van der Waals surface area contributed by atoms with Crippen molar-refractivity contribution in [3.63, 3.8) is 0 Å². The number of nitrogens with one attached hydrogen (secondary N) is 1. The van der Waals surface area contributed by atoms with Crippen molar-refractivity contribution in [2.75, 3.05) is 19.6 Å². The number of benzene rings is 1. The summed E-state index contributed by atoms with van der Waals surface area (Å²) in [4.78, 5) is 17.7. The van der Waals surface area contributed by atoms with Crippen LogP contribution in [0.4, 0.5) is 9.18 Å². The van der Waals surface area contributed by atoms with Gasteiger partial charge in [0.05, 0.1) is 0 Å².